The Kier molecular flexibility index (Phi) is 7.42. The van der Waals surface area contributed by atoms with Gasteiger partial charge >= 0.3 is 0 Å². The Labute approximate surface area is 110 Å². The van der Waals surface area contributed by atoms with Gasteiger partial charge in [0.05, 0.1) is 13.2 Å². The lowest BCUT2D eigenvalue weighted by molar-refractivity contribution is 0.276. The number of aromatic nitrogens is 1. The van der Waals surface area contributed by atoms with Crippen LogP contribution < -0.4 is 4.74 Å². The van der Waals surface area contributed by atoms with Gasteiger partial charge in [0.25, 0.3) is 0 Å². The summed E-state index contributed by atoms with van der Waals surface area (Å²) in [5, 5.41) is 9.05. The number of aliphatic hydroxyl groups is 1. The SMILES string of the molecule is CCCCCCCCOc1ccc(CO)c(C)n1. The summed E-state index contributed by atoms with van der Waals surface area (Å²) in [5.41, 5.74) is 1.71. The quantitative estimate of drug-likeness (QED) is 0.682. The van der Waals surface area contributed by atoms with E-state index in [1.54, 1.807) is 0 Å². The molecule has 0 bridgehead atoms. The molecule has 0 fully saturated rings. The van der Waals surface area contributed by atoms with Gasteiger partial charge in [-0.15, -0.1) is 0 Å². The summed E-state index contributed by atoms with van der Waals surface area (Å²) in [7, 11) is 0. The molecule has 0 atom stereocenters. The van der Waals surface area contributed by atoms with Gasteiger partial charge in [-0.25, -0.2) is 4.98 Å². The van der Waals surface area contributed by atoms with Gasteiger partial charge in [-0.2, -0.15) is 0 Å². The third kappa shape index (κ3) is 5.50. The number of aryl methyl sites for hydroxylation is 1. The lowest BCUT2D eigenvalue weighted by Crippen LogP contribution is -2.01. The van der Waals surface area contributed by atoms with Crippen LogP contribution in [0.5, 0.6) is 5.88 Å². The Morgan fingerprint density at radius 3 is 2.50 bits per heavy atom. The molecule has 0 aliphatic rings. The minimum Gasteiger partial charge on any atom is -0.478 e. The standard InChI is InChI=1S/C15H25NO2/c1-3-4-5-6-7-8-11-18-15-10-9-14(12-17)13(2)16-15/h9-10,17H,3-8,11-12H2,1-2H3. The highest BCUT2D eigenvalue weighted by molar-refractivity contribution is 5.24. The van der Waals surface area contributed by atoms with Crippen LogP contribution in [0.2, 0.25) is 0 Å². The molecule has 1 rings (SSSR count). The van der Waals surface area contributed by atoms with Crippen molar-refractivity contribution in [1.29, 1.82) is 0 Å². The van der Waals surface area contributed by atoms with Gasteiger partial charge in [0.2, 0.25) is 5.88 Å². The van der Waals surface area contributed by atoms with Gasteiger partial charge in [-0.1, -0.05) is 39.0 Å². The van der Waals surface area contributed by atoms with E-state index in [-0.39, 0.29) is 6.61 Å². The number of hydrogen-bond acceptors (Lipinski definition) is 3. The smallest absolute Gasteiger partial charge is 0.213 e. The van der Waals surface area contributed by atoms with Crippen molar-refractivity contribution in [1.82, 2.24) is 4.98 Å². The molecule has 0 radical (unpaired) electrons. The van der Waals surface area contributed by atoms with Crippen molar-refractivity contribution >= 4 is 0 Å². The van der Waals surface area contributed by atoms with Crippen LogP contribution in [0.25, 0.3) is 0 Å². The van der Waals surface area contributed by atoms with Crippen molar-refractivity contribution in [2.45, 2.75) is 59.0 Å². The average molecular weight is 251 g/mol. The van der Waals surface area contributed by atoms with Crippen molar-refractivity contribution in [3.63, 3.8) is 0 Å². The van der Waals surface area contributed by atoms with Gasteiger partial charge in [0, 0.05) is 11.8 Å². The highest BCUT2D eigenvalue weighted by Gasteiger charge is 2.01. The molecule has 1 aromatic rings. The maximum Gasteiger partial charge on any atom is 0.213 e. The van der Waals surface area contributed by atoms with E-state index in [2.05, 4.69) is 11.9 Å². The highest BCUT2D eigenvalue weighted by atomic mass is 16.5. The Morgan fingerprint density at radius 1 is 1.11 bits per heavy atom. The van der Waals surface area contributed by atoms with E-state index in [0.29, 0.717) is 5.88 Å². The molecule has 1 aromatic heterocycles. The van der Waals surface area contributed by atoms with Gasteiger partial charge in [0.15, 0.2) is 0 Å². The fourth-order valence-corrected chi connectivity index (χ4v) is 1.87. The van der Waals surface area contributed by atoms with E-state index in [0.717, 1.165) is 24.3 Å². The van der Waals surface area contributed by atoms with Crippen molar-refractivity contribution in [2.75, 3.05) is 6.61 Å². The fraction of sp³-hybridized carbons (Fsp3) is 0.667. The molecule has 0 aromatic carbocycles. The van der Waals surface area contributed by atoms with Crippen LogP contribution in [0.15, 0.2) is 12.1 Å². The van der Waals surface area contributed by atoms with Crippen LogP contribution in [0, 0.1) is 6.92 Å². The zero-order valence-electron chi connectivity index (χ0n) is 11.6. The van der Waals surface area contributed by atoms with E-state index >= 15 is 0 Å². The third-order valence-electron chi connectivity index (χ3n) is 3.09. The second kappa shape index (κ2) is 8.92. The van der Waals surface area contributed by atoms with Crippen LogP contribution >= 0.6 is 0 Å². The lowest BCUT2D eigenvalue weighted by atomic mass is 10.1. The van der Waals surface area contributed by atoms with E-state index in [9.17, 15) is 0 Å². The normalized spacial score (nSPS) is 10.6. The van der Waals surface area contributed by atoms with Crippen LogP contribution in [-0.2, 0) is 6.61 Å². The molecule has 0 unspecified atom stereocenters. The first-order valence-corrected chi connectivity index (χ1v) is 6.98. The number of ether oxygens (including phenoxy) is 1. The first kappa shape index (κ1) is 15.0. The summed E-state index contributed by atoms with van der Waals surface area (Å²) < 4.78 is 5.60. The van der Waals surface area contributed by atoms with Crippen molar-refractivity contribution in [3.05, 3.63) is 23.4 Å². The zero-order chi connectivity index (χ0) is 13.2. The Bertz CT molecular complexity index is 339. The first-order valence-electron chi connectivity index (χ1n) is 6.98. The topological polar surface area (TPSA) is 42.4 Å². The number of pyridine rings is 1. The number of nitrogens with zero attached hydrogens (tertiary/aromatic N) is 1. The fourth-order valence-electron chi connectivity index (χ4n) is 1.87. The average Bonchev–Trinajstić information content (AvgIpc) is 2.38. The number of unbranched alkanes of at least 4 members (excludes halogenated alkanes) is 5. The van der Waals surface area contributed by atoms with Crippen molar-refractivity contribution in [3.8, 4) is 5.88 Å². The molecule has 0 aliphatic carbocycles. The largest absolute Gasteiger partial charge is 0.478 e. The highest BCUT2D eigenvalue weighted by Crippen LogP contribution is 2.13. The number of aliphatic hydroxyl groups excluding tert-OH is 1. The van der Waals surface area contributed by atoms with E-state index in [1.165, 1.54) is 32.1 Å². The Balaban J connectivity index is 2.17. The maximum atomic E-state index is 9.05. The molecule has 1 heterocycles. The van der Waals surface area contributed by atoms with E-state index in [4.69, 9.17) is 9.84 Å². The molecule has 102 valence electrons. The van der Waals surface area contributed by atoms with E-state index in [1.807, 2.05) is 19.1 Å². The first-order chi connectivity index (χ1) is 8.77. The molecule has 3 heteroatoms. The summed E-state index contributed by atoms with van der Waals surface area (Å²) in [5.74, 6) is 0.665. The molecular formula is C15H25NO2. The summed E-state index contributed by atoms with van der Waals surface area (Å²) in [6.45, 7) is 4.89. The molecular weight excluding hydrogens is 226 g/mol. The van der Waals surface area contributed by atoms with Gasteiger partial charge in [-0.3, -0.25) is 0 Å². The van der Waals surface area contributed by atoms with Crippen LogP contribution in [0.4, 0.5) is 0 Å². The molecule has 0 saturated carbocycles. The Morgan fingerprint density at radius 2 is 1.83 bits per heavy atom. The second-order valence-electron chi connectivity index (χ2n) is 4.67. The van der Waals surface area contributed by atoms with Gasteiger partial charge in [0.1, 0.15) is 0 Å². The molecule has 1 N–H and O–H groups in total. The maximum absolute atomic E-state index is 9.05. The predicted molar refractivity (Wildman–Crippen MR) is 73.8 cm³/mol. The summed E-state index contributed by atoms with van der Waals surface area (Å²) in [4.78, 5) is 4.31. The van der Waals surface area contributed by atoms with E-state index < -0.39 is 0 Å². The zero-order valence-corrected chi connectivity index (χ0v) is 11.6. The summed E-state index contributed by atoms with van der Waals surface area (Å²) in [6.07, 6.45) is 7.58. The molecule has 0 saturated heterocycles. The molecule has 3 nitrogen and oxygen atoms in total. The minimum atomic E-state index is 0.0382. The molecule has 0 amide bonds. The van der Waals surface area contributed by atoms with Crippen molar-refractivity contribution < 1.29 is 9.84 Å². The summed E-state index contributed by atoms with van der Waals surface area (Å²) >= 11 is 0. The number of rotatable bonds is 9. The van der Waals surface area contributed by atoms with Crippen LogP contribution in [0.3, 0.4) is 0 Å². The molecule has 0 spiro atoms. The monoisotopic (exact) mass is 251 g/mol. The van der Waals surface area contributed by atoms with Crippen molar-refractivity contribution in [2.24, 2.45) is 0 Å². The van der Waals surface area contributed by atoms with Gasteiger partial charge in [-0.05, 0) is 25.0 Å². The lowest BCUT2D eigenvalue weighted by Gasteiger charge is -2.07. The van der Waals surface area contributed by atoms with Crippen LogP contribution in [-0.4, -0.2) is 16.7 Å². The predicted octanol–water partition coefficient (Wildman–Crippen LogP) is 3.62. The van der Waals surface area contributed by atoms with Crippen LogP contribution in [0.1, 0.15) is 56.7 Å². The summed E-state index contributed by atoms with van der Waals surface area (Å²) in [6, 6.07) is 3.70. The molecule has 18 heavy (non-hydrogen) atoms. The third-order valence-corrected chi connectivity index (χ3v) is 3.09. The minimum absolute atomic E-state index is 0.0382. The second-order valence-corrected chi connectivity index (χ2v) is 4.67. The van der Waals surface area contributed by atoms with Gasteiger partial charge < -0.3 is 9.84 Å². The Hall–Kier alpha value is -1.09. The number of hydrogen-bond donors (Lipinski definition) is 1. The molecule has 0 aliphatic heterocycles.